The average Bonchev–Trinajstić information content (AvgIpc) is 2.94. The zero-order valence-corrected chi connectivity index (χ0v) is 12.5. The third-order valence-electron chi connectivity index (χ3n) is 3.37. The maximum atomic E-state index is 12.1. The first-order valence-electron chi connectivity index (χ1n) is 6.60. The van der Waals surface area contributed by atoms with Crippen LogP contribution in [0.3, 0.4) is 0 Å². The molecule has 0 radical (unpaired) electrons. The number of esters is 2. The van der Waals surface area contributed by atoms with Crippen molar-refractivity contribution in [3.05, 3.63) is 30.3 Å². The molecule has 7 heteroatoms. The molecular formula is C15H16N2O5. The van der Waals surface area contributed by atoms with Crippen molar-refractivity contribution >= 4 is 29.1 Å². The van der Waals surface area contributed by atoms with Crippen molar-refractivity contribution in [2.75, 3.05) is 19.2 Å². The van der Waals surface area contributed by atoms with Crippen molar-refractivity contribution in [1.82, 2.24) is 0 Å². The molecule has 0 spiro atoms. The van der Waals surface area contributed by atoms with E-state index in [-0.39, 0.29) is 5.71 Å². The first-order valence-corrected chi connectivity index (χ1v) is 6.60. The van der Waals surface area contributed by atoms with Crippen molar-refractivity contribution < 1.29 is 23.9 Å². The fourth-order valence-electron chi connectivity index (χ4n) is 2.34. The first kappa shape index (κ1) is 15.7. The Hall–Kier alpha value is -2.70. The highest BCUT2D eigenvalue weighted by Gasteiger charge is 2.49. The van der Waals surface area contributed by atoms with Crippen LogP contribution in [-0.4, -0.2) is 43.7 Å². The molecule has 2 rings (SSSR count). The molecule has 2 atom stereocenters. The Morgan fingerprint density at radius 2 is 1.64 bits per heavy atom. The SMILES string of the molecule is COC(=O)C1C(C(C)=O)=NN(c2ccccc2)C1C(=O)OC. The van der Waals surface area contributed by atoms with Crippen LogP contribution >= 0.6 is 0 Å². The van der Waals surface area contributed by atoms with E-state index < -0.39 is 29.7 Å². The second-order valence-corrected chi connectivity index (χ2v) is 4.69. The van der Waals surface area contributed by atoms with Crippen LogP contribution in [0.2, 0.25) is 0 Å². The molecule has 0 amide bonds. The van der Waals surface area contributed by atoms with Crippen molar-refractivity contribution in [1.29, 1.82) is 0 Å². The lowest BCUT2D eigenvalue weighted by atomic mass is 9.93. The number of hydrazone groups is 1. The number of anilines is 1. The molecule has 1 aliphatic rings. The number of nitrogens with zero attached hydrogens (tertiary/aromatic N) is 2. The molecule has 2 unspecified atom stereocenters. The van der Waals surface area contributed by atoms with Crippen LogP contribution in [0.5, 0.6) is 0 Å². The number of ether oxygens (including phenoxy) is 2. The Balaban J connectivity index is 2.53. The standard InChI is InChI=1S/C15H16N2O5/c1-9(18)12-11(14(19)21-2)13(15(20)22-3)17(16-12)10-7-5-4-6-8-10/h4-8,11,13H,1-3H3. The van der Waals surface area contributed by atoms with E-state index in [9.17, 15) is 14.4 Å². The summed E-state index contributed by atoms with van der Waals surface area (Å²) in [5.74, 6) is -2.89. The van der Waals surface area contributed by atoms with E-state index in [1.54, 1.807) is 30.3 Å². The molecule has 1 aliphatic heterocycles. The molecule has 7 nitrogen and oxygen atoms in total. The summed E-state index contributed by atoms with van der Waals surface area (Å²) >= 11 is 0. The molecule has 1 aromatic rings. The second-order valence-electron chi connectivity index (χ2n) is 4.69. The number of carbonyl (C=O) groups excluding carboxylic acids is 3. The Labute approximate surface area is 127 Å². The number of para-hydroxylation sites is 1. The van der Waals surface area contributed by atoms with Gasteiger partial charge in [0, 0.05) is 6.92 Å². The van der Waals surface area contributed by atoms with Gasteiger partial charge in [-0.25, -0.2) is 9.80 Å². The van der Waals surface area contributed by atoms with Gasteiger partial charge in [0.15, 0.2) is 11.8 Å². The minimum Gasteiger partial charge on any atom is -0.468 e. The minimum atomic E-state index is -1.12. The van der Waals surface area contributed by atoms with E-state index in [0.29, 0.717) is 5.69 Å². The van der Waals surface area contributed by atoms with Gasteiger partial charge < -0.3 is 9.47 Å². The van der Waals surface area contributed by atoms with Crippen molar-refractivity contribution in [3.8, 4) is 0 Å². The Morgan fingerprint density at radius 1 is 1.05 bits per heavy atom. The van der Waals surface area contributed by atoms with E-state index >= 15 is 0 Å². The molecule has 0 aromatic heterocycles. The average molecular weight is 304 g/mol. The summed E-state index contributed by atoms with van der Waals surface area (Å²) in [6.45, 7) is 1.29. The van der Waals surface area contributed by atoms with Crippen molar-refractivity contribution in [3.63, 3.8) is 0 Å². The molecule has 0 fully saturated rings. The van der Waals surface area contributed by atoms with Gasteiger partial charge in [0.05, 0.1) is 19.9 Å². The van der Waals surface area contributed by atoms with Crippen LogP contribution in [0.4, 0.5) is 5.69 Å². The van der Waals surface area contributed by atoms with E-state index in [0.717, 1.165) is 0 Å². The fourth-order valence-corrected chi connectivity index (χ4v) is 2.34. The zero-order chi connectivity index (χ0) is 16.3. The van der Waals surface area contributed by atoms with Gasteiger partial charge in [-0.15, -0.1) is 0 Å². The van der Waals surface area contributed by atoms with E-state index in [1.165, 1.54) is 26.2 Å². The van der Waals surface area contributed by atoms with Crippen LogP contribution in [0.1, 0.15) is 6.92 Å². The third-order valence-corrected chi connectivity index (χ3v) is 3.37. The monoisotopic (exact) mass is 304 g/mol. The second kappa shape index (κ2) is 6.38. The lowest BCUT2D eigenvalue weighted by Gasteiger charge is -2.24. The van der Waals surface area contributed by atoms with Gasteiger partial charge in [-0.05, 0) is 12.1 Å². The molecule has 1 aromatic carbocycles. The Kier molecular flexibility index (Phi) is 4.55. The lowest BCUT2D eigenvalue weighted by Crippen LogP contribution is -2.45. The summed E-state index contributed by atoms with van der Waals surface area (Å²) in [5, 5.41) is 5.48. The maximum absolute atomic E-state index is 12.1. The molecule has 22 heavy (non-hydrogen) atoms. The summed E-state index contributed by atoms with van der Waals surface area (Å²) in [4.78, 5) is 36.0. The van der Waals surface area contributed by atoms with Gasteiger partial charge >= 0.3 is 11.9 Å². The molecule has 0 aliphatic carbocycles. The third kappa shape index (κ3) is 2.69. The summed E-state index contributed by atoms with van der Waals surface area (Å²) in [7, 11) is 2.41. The Morgan fingerprint density at radius 3 is 2.14 bits per heavy atom. The predicted molar refractivity (Wildman–Crippen MR) is 78.3 cm³/mol. The number of ketones is 1. The molecular weight excluding hydrogens is 288 g/mol. The maximum Gasteiger partial charge on any atom is 0.332 e. The van der Waals surface area contributed by atoms with Crippen LogP contribution < -0.4 is 5.01 Å². The highest BCUT2D eigenvalue weighted by Crippen LogP contribution is 2.30. The van der Waals surface area contributed by atoms with Gasteiger partial charge in [-0.3, -0.25) is 9.59 Å². The Bertz CT molecular complexity index is 626. The predicted octanol–water partition coefficient (Wildman–Crippen LogP) is 0.782. The number of rotatable bonds is 4. The van der Waals surface area contributed by atoms with Crippen LogP contribution in [0.15, 0.2) is 35.4 Å². The van der Waals surface area contributed by atoms with Crippen molar-refractivity contribution in [2.24, 2.45) is 11.0 Å². The van der Waals surface area contributed by atoms with E-state index in [1.807, 2.05) is 0 Å². The fraction of sp³-hybridized carbons (Fsp3) is 0.333. The number of hydrogen-bond acceptors (Lipinski definition) is 7. The van der Waals surface area contributed by atoms with Gasteiger partial charge in [0.25, 0.3) is 0 Å². The normalized spacial score (nSPS) is 20.3. The van der Waals surface area contributed by atoms with Crippen LogP contribution in [-0.2, 0) is 23.9 Å². The quantitative estimate of drug-likeness (QED) is 0.764. The lowest BCUT2D eigenvalue weighted by molar-refractivity contribution is -0.150. The largest absolute Gasteiger partial charge is 0.468 e. The molecule has 0 N–H and O–H groups in total. The molecule has 0 saturated heterocycles. The number of methoxy groups -OCH3 is 2. The van der Waals surface area contributed by atoms with Gasteiger partial charge in [0.1, 0.15) is 11.6 Å². The number of benzene rings is 1. The minimum absolute atomic E-state index is 0.0221. The van der Waals surface area contributed by atoms with Crippen LogP contribution in [0.25, 0.3) is 0 Å². The molecule has 0 bridgehead atoms. The highest BCUT2D eigenvalue weighted by molar-refractivity contribution is 6.44. The topological polar surface area (TPSA) is 85.3 Å². The summed E-state index contributed by atoms with van der Waals surface area (Å²) in [5.41, 5.74) is 0.550. The number of Topliss-reactive ketones (excluding diaryl/α,β-unsaturated/α-hetero) is 1. The van der Waals surface area contributed by atoms with Crippen LogP contribution in [0, 0.1) is 5.92 Å². The summed E-state index contributed by atoms with van der Waals surface area (Å²) < 4.78 is 9.48. The van der Waals surface area contributed by atoms with Gasteiger partial charge in [-0.1, -0.05) is 18.2 Å². The molecule has 1 heterocycles. The smallest absolute Gasteiger partial charge is 0.332 e. The van der Waals surface area contributed by atoms with E-state index in [2.05, 4.69) is 5.10 Å². The van der Waals surface area contributed by atoms with Gasteiger partial charge in [0.2, 0.25) is 0 Å². The first-order chi connectivity index (χ1) is 10.5. The summed E-state index contributed by atoms with van der Waals surface area (Å²) in [6.07, 6.45) is 0. The van der Waals surface area contributed by atoms with Gasteiger partial charge in [-0.2, -0.15) is 5.10 Å². The molecule has 0 saturated carbocycles. The van der Waals surface area contributed by atoms with E-state index in [4.69, 9.17) is 9.47 Å². The number of carbonyl (C=O) groups is 3. The zero-order valence-electron chi connectivity index (χ0n) is 12.5. The van der Waals surface area contributed by atoms with Crippen molar-refractivity contribution in [2.45, 2.75) is 13.0 Å². The molecule has 116 valence electrons. The summed E-state index contributed by atoms with van der Waals surface area (Å²) in [6, 6.07) is 7.70. The highest BCUT2D eigenvalue weighted by atomic mass is 16.5. The number of hydrogen-bond donors (Lipinski definition) is 0.